The number of nitrogens with zero attached hydrogens (tertiary/aromatic N) is 1. The Morgan fingerprint density at radius 1 is 0.970 bits per heavy atom. The maximum atomic E-state index is 3.95. The first-order valence-electron chi connectivity index (χ1n) is 13.4. The summed E-state index contributed by atoms with van der Waals surface area (Å²) >= 11 is 2.06. The lowest BCUT2D eigenvalue weighted by atomic mass is 9.75. The fourth-order valence-electron chi connectivity index (χ4n) is 6.80. The molecular weight excluding hydrogens is 420 g/mol. The second-order valence-electron chi connectivity index (χ2n) is 10.7. The summed E-state index contributed by atoms with van der Waals surface area (Å²) in [7, 11) is 0. The Morgan fingerprint density at radius 3 is 2.85 bits per heavy atom. The normalized spacial score (nSPS) is 34.6. The monoisotopic (exact) mass is 458 g/mol. The zero-order valence-electron chi connectivity index (χ0n) is 20.1. The van der Waals surface area contributed by atoms with E-state index in [4.69, 9.17) is 0 Å². The smallest absolute Gasteiger partial charge is 0.0421 e. The van der Waals surface area contributed by atoms with Crippen LogP contribution in [0.2, 0.25) is 0 Å². The van der Waals surface area contributed by atoms with Crippen LogP contribution in [0.5, 0.6) is 0 Å². The average molecular weight is 459 g/mol. The van der Waals surface area contributed by atoms with Crippen LogP contribution in [-0.4, -0.2) is 10.9 Å². The van der Waals surface area contributed by atoms with Gasteiger partial charge in [-0.15, -0.1) is 0 Å². The van der Waals surface area contributed by atoms with Gasteiger partial charge in [-0.05, 0) is 104 Å². The Kier molecular flexibility index (Phi) is 6.17. The molecule has 6 aliphatic rings. The summed E-state index contributed by atoms with van der Waals surface area (Å²) < 4.78 is 0. The van der Waals surface area contributed by atoms with Crippen molar-refractivity contribution in [1.82, 2.24) is 10.2 Å². The highest BCUT2D eigenvalue weighted by molar-refractivity contribution is 8.07. The molecule has 2 aliphatic heterocycles. The molecule has 0 saturated carbocycles. The first-order chi connectivity index (χ1) is 16.3. The summed E-state index contributed by atoms with van der Waals surface area (Å²) in [6.45, 7) is 2.50. The van der Waals surface area contributed by atoms with Gasteiger partial charge in [-0.1, -0.05) is 49.1 Å². The lowest BCUT2D eigenvalue weighted by molar-refractivity contribution is 0.171. The van der Waals surface area contributed by atoms with Crippen LogP contribution < -0.4 is 5.32 Å². The molecule has 0 aromatic rings. The van der Waals surface area contributed by atoms with Crippen molar-refractivity contribution >= 4 is 11.8 Å². The van der Waals surface area contributed by atoms with E-state index in [1.807, 2.05) is 0 Å². The standard InChI is InChI=1S/C30H38N2S/c1-21-10-7-8-19-32(23-17-18-29-25(20-23)24-13-5-6-16-28(24)33-29)27-15-9-14-26(30(21)27)31-22-11-3-2-4-12-22/h5,8,11,13-14,17-19,21,25,27,30-31H,2-4,6-7,9-10,12,15-16,20H2,1H3/b19-8-. The highest BCUT2D eigenvalue weighted by atomic mass is 32.2. The molecule has 2 nitrogen and oxygen atoms in total. The zero-order valence-corrected chi connectivity index (χ0v) is 20.9. The number of thioether (sulfide) groups is 1. The summed E-state index contributed by atoms with van der Waals surface area (Å²) in [6.07, 6.45) is 33.2. The Morgan fingerprint density at radius 2 is 1.94 bits per heavy atom. The molecule has 6 rings (SSSR count). The molecular formula is C30H38N2S. The fraction of sp³-hybridized carbons (Fsp3) is 0.533. The van der Waals surface area contributed by atoms with Crippen LogP contribution in [-0.2, 0) is 0 Å². The van der Waals surface area contributed by atoms with Crippen LogP contribution in [0.15, 0.2) is 81.2 Å². The van der Waals surface area contributed by atoms with Gasteiger partial charge in [0.05, 0.1) is 0 Å². The average Bonchev–Trinajstić information content (AvgIpc) is 3.21. The minimum atomic E-state index is 0.554. The van der Waals surface area contributed by atoms with Gasteiger partial charge in [0, 0.05) is 41.2 Å². The minimum Gasteiger partial charge on any atom is -0.362 e. The van der Waals surface area contributed by atoms with Crippen LogP contribution >= 0.6 is 11.8 Å². The van der Waals surface area contributed by atoms with E-state index in [1.54, 1.807) is 15.4 Å². The van der Waals surface area contributed by atoms with Gasteiger partial charge in [0.2, 0.25) is 0 Å². The van der Waals surface area contributed by atoms with E-state index in [0.29, 0.717) is 23.8 Å². The molecule has 0 saturated heterocycles. The molecule has 0 radical (unpaired) electrons. The molecule has 0 amide bonds. The third-order valence-electron chi connectivity index (χ3n) is 8.52. The summed E-state index contributed by atoms with van der Waals surface area (Å²) in [5.41, 5.74) is 6.12. The minimum absolute atomic E-state index is 0.554. The number of hydrogen-bond acceptors (Lipinski definition) is 3. The second-order valence-corrected chi connectivity index (χ2v) is 11.9. The van der Waals surface area contributed by atoms with Gasteiger partial charge < -0.3 is 10.2 Å². The van der Waals surface area contributed by atoms with Crippen molar-refractivity contribution < 1.29 is 0 Å². The topological polar surface area (TPSA) is 15.3 Å². The van der Waals surface area contributed by atoms with Gasteiger partial charge in [0.1, 0.15) is 0 Å². The van der Waals surface area contributed by atoms with Gasteiger partial charge in [0.15, 0.2) is 0 Å². The summed E-state index contributed by atoms with van der Waals surface area (Å²) in [5, 5.41) is 3.95. The maximum Gasteiger partial charge on any atom is 0.0421 e. The molecule has 2 heterocycles. The quantitative estimate of drug-likeness (QED) is 0.460. The Bertz CT molecular complexity index is 1000. The summed E-state index contributed by atoms with van der Waals surface area (Å²) in [5.74, 6) is 1.86. The van der Waals surface area contributed by atoms with E-state index < -0.39 is 0 Å². The van der Waals surface area contributed by atoms with Crippen LogP contribution in [0.4, 0.5) is 0 Å². The molecule has 0 spiro atoms. The molecule has 4 unspecified atom stereocenters. The van der Waals surface area contributed by atoms with Crippen molar-refractivity contribution in [3.8, 4) is 0 Å². The summed E-state index contributed by atoms with van der Waals surface area (Å²) in [4.78, 5) is 5.91. The number of hydrogen-bond donors (Lipinski definition) is 1. The fourth-order valence-corrected chi connectivity index (χ4v) is 8.13. The van der Waals surface area contributed by atoms with Gasteiger partial charge in [0.25, 0.3) is 0 Å². The molecule has 174 valence electrons. The lowest BCUT2D eigenvalue weighted by Gasteiger charge is -2.46. The van der Waals surface area contributed by atoms with Crippen molar-refractivity contribution in [3.05, 3.63) is 81.2 Å². The third-order valence-corrected chi connectivity index (χ3v) is 9.87. The lowest BCUT2D eigenvalue weighted by Crippen LogP contribution is -2.45. The molecule has 0 fully saturated rings. The number of fused-ring (bicyclic) bond motifs is 3. The molecule has 4 atom stereocenters. The van der Waals surface area contributed by atoms with Crippen molar-refractivity contribution in [2.75, 3.05) is 0 Å². The first-order valence-corrected chi connectivity index (χ1v) is 14.2. The van der Waals surface area contributed by atoms with Gasteiger partial charge in [-0.2, -0.15) is 0 Å². The van der Waals surface area contributed by atoms with E-state index in [9.17, 15) is 0 Å². The predicted molar refractivity (Wildman–Crippen MR) is 141 cm³/mol. The Balaban J connectivity index is 1.28. The third kappa shape index (κ3) is 4.22. The van der Waals surface area contributed by atoms with Crippen LogP contribution in [0, 0.1) is 17.8 Å². The van der Waals surface area contributed by atoms with E-state index in [1.165, 1.54) is 81.3 Å². The maximum absolute atomic E-state index is 3.95. The first kappa shape index (κ1) is 21.6. The van der Waals surface area contributed by atoms with Crippen LogP contribution in [0.1, 0.15) is 77.6 Å². The molecule has 0 aromatic heterocycles. The van der Waals surface area contributed by atoms with E-state index in [2.05, 4.69) is 77.6 Å². The predicted octanol–water partition coefficient (Wildman–Crippen LogP) is 8.08. The van der Waals surface area contributed by atoms with E-state index in [-0.39, 0.29) is 0 Å². The number of rotatable bonds is 3. The van der Waals surface area contributed by atoms with Gasteiger partial charge in [-0.25, -0.2) is 0 Å². The SMILES string of the molecule is CC1CC/C=C\N(C2=CC=C3SC4=C(C=CCC4)C3C2)C2CCC=C(NC3=CCCCC3)C12. The molecule has 1 N–H and O–H groups in total. The number of nitrogens with one attached hydrogen (secondary N) is 1. The van der Waals surface area contributed by atoms with Crippen molar-refractivity contribution in [2.24, 2.45) is 17.8 Å². The van der Waals surface area contributed by atoms with E-state index in [0.717, 1.165) is 6.42 Å². The van der Waals surface area contributed by atoms with E-state index >= 15 is 0 Å². The molecule has 3 heteroatoms. The van der Waals surface area contributed by atoms with Crippen LogP contribution in [0.25, 0.3) is 0 Å². The van der Waals surface area contributed by atoms with Crippen LogP contribution in [0.3, 0.4) is 0 Å². The van der Waals surface area contributed by atoms with Crippen molar-refractivity contribution in [1.29, 1.82) is 0 Å². The molecule has 33 heavy (non-hydrogen) atoms. The molecule has 4 aliphatic carbocycles. The highest BCUT2D eigenvalue weighted by Gasteiger charge is 2.39. The summed E-state index contributed by atoms with van der Waals surface area (Å²) in [6, 6.07) is 0.554. The molecule has 0 aromatic carbocycles. The largest absolute Gasteiger partial charge is 0.362 e. The van der Waals surface area contributed by atoms with Gasteiger partial charge in [-0.3, -0.25) is 0 Å². The highest BCUT2D eigenvalue weighted by Crippen LogP contribution is 2.53. The Labute approximate surface area is 204 Å². The van der Waals surface area contributed by atoms with Crippen molar-refractivity contribution in [2.45, 2.75) is 83.6 Å². The zero-order chi connectivity index (χ0) is 22.2. The van der Waals surface area contributed by atoms with Crippen molar-refractivity contribution in [3.63, 3.8) is 0 Å². The molecule has 0 bridgehead atoms. The van der Waals surface area contributed by atoms with Gasteiger partial charge >= 0.3 is 0 Å². The second kappa shape index (κ2) is 9.41. The number of allylic oxidation sites excluding steroid dienone is 12. The Hall–Kier alpha value is -1.87.